The molecule has 8 nitrogen and oxygen atoms in total. The minimum Gasteiger partial charge on any atom is -0.380 e. The quantitative estimate of drug-likeness (QED) is 0.437. The Morgan fingerprint density at radius 3 is 2.24 bits per heavy atom. The predicted molar refractivity (Wildman–Crippen MR) is 139 cm³/mol. The lowest BCUT2D eigenvalue weighted by Gasteiger charge is -2.31. The van der Waals surface area contributed by atoms with Gasteiger partial charge in [-0.1, -0.05) is 60.7 Å². The Hall–Kier alpha value is -3.53. The summed E-state index contributed by atoms with van der Waals surface area (Å²) in [5.74, 6) is -1.54. The molecule has 0 saturated heterocycles. The number of aliphatic hydroxyl groups is 2. The van der Waals surface area contributed by atoms with Gasteiger partial charge in [-0.15, -0.1) is 0 Å². The van der Waals surface area contributed by atoms with Crippen molar-refractivity contribution in [3.05, 3.63) is 89.5 Å². The molecule has 1 aliphatic rings. The second-order valence-electron chi connectivity index (χ2n) is 9.32. The van der Waals surface area contributed by atoms with Crippen LogP contribution in [0.25, 0.3) is 11.1 Å². The molecule has 0 fully saturated rings. The number of aliphatic hydroxyl groups excluding tert-OH is 2. The lowest BCUT2D eigenvalue weighted by atomic mass is 9.99. The van der Waals surface area contributed by atoms with Crippen LogP contribution in [0, 0.1) is 0 Å². The van der Waals surface area contributed by atoms with E-state index in [4.69, 9.17) is 0 Å². The molecular formula is C28H30N2O6S. The average molecular weight is 523 g/mol. The summed E-state index contributed by atoms with van der Waals surface area (Å²) in [6.07, 6.45) is -1.99. The summed E-state index contributed by atoms with van der Waals surface area (Å²) in [7, 11) is -3.33. The molecular weight excluding hydrogens is 492 g/mol. The number of sulfone groups is 1. The Balaban J connectivity index is 1.37. The van der Waals surface area contributed by atoms with E-state index in [-0.39, 0.29) is 4.90 Å². The van der Waals surface area contributed by atoms with Crippen LogP contribution in [-0.2, 0) is 32.4 Å². The molecule has 4 rings (SSSR count). The fourth-order valence-corrected chi connectivity index (χ4v) is 5.07. The van der Waals surface area contributed by atoms with E-state index in [1.807, 2.05) is 42.5 Å². The fraction of sp³-hybridized carbons (Fsp3) is 0.286. The number of carbonyl (C=O) groups excluding carboxylic acids is 2. The zero-order valence-electron chi connectivity index (χ0n) is 20.7. The van der Waals surface area contributed by atoms with Gasteiger partial charge in [0.15, 0.2) is 22.0 Å². The molecule has 0 aliphatic carbocycles. The van der Waals surface area contributed by atoms with Crippen molar-refractivity contribution in [2.75, 3.05) is 12.8 Å². The fourth-order valence-electron chi connectivity index (χ4n) is 4.40. The number of hydrogen-bond donors (Lipinski definition) is 3. The number of benzene rings is 3. The van der Waals surface area contributed by atoms with Crippen molar-refractivity contribution in [3.63, 3.8) is 0 Å². The van der Waals surface area contributed by atoms with Crippen LogP contribution in [-0.4, -0.2) is 60.4 Å². The lowest BCUT2D eigenvalue weighted by Crippen LogP contribution is -2.51. The lowest BCUT2D eigenvalue weighted by molar-refractivity contribution is -0.154. The van der Waals surface area contributed by atoms with E-state index in [1.54, 1.807) is 37.3 Å². The van der Waals surface area contributed by atoms with Crippen molar-refractivity contribution < 1.29 is 28.2 Å². The first-order valence-electron chi connectivity index (χ1n) is 12.0. The van der Waals surface area contributed by atoms with Gasteiger partial charge in [-0.05, 0) is 53.3 Å². The maximum absolute atomic E-state index is 12.8. The van der Waals surface area contributed by atoms with E-state index >= 15 is 0 Å². The molecule has 3 aromatic carbocycles. The Morgan fingerprint density at radius 1 is 0.892 bits per heavy atom. The number of rotatable bonds is 7. The van der Waals surface area contributed by atoms with Gasteiger partial charge in [0.05, 0.1) is 10.9 Å². The third kappa shape index (κ3) is 6.07. The highest BCUT2D eigenvalue weighted by atomic mass is 32.2. The standard InChI is InChI=1S/C28H30N2O6S/c1-18(19-10-12-21(13-11-19)22-8-5-9-24(16-22)37(2,35)36)29-27(33)25(31)26(32)28(34)30-15-14-20-6-3-4-7-23(20)17-30/h3-13,16,18,25-26,31-32H,14-15,17H2,1-2H3,(H,29,33)/t18-,25+,26+/m0/s1. The molecule has 37 heavy (non-hydrogen) atoms. The third-order valence-electron chi connectivity index (χ3n) is 6.63. The van der Waals surface area contributed by atoms with Crippen LogP contribution in [0.2, 0.25) is 0 Å². The van der Waals surface area contributed by atoms with E-state index < -0.39 is 39.9 Å². The molecule has 0 aromatic heterocycles. The van der Waals surface area contributed by atoms with Gasteiger partial charge in [0, 0.05) is 19.3 Å². The van der Waals surface area contributed by atoms with Gasteiger partial charge >= 0.3 is 0 Å². The molecule has 0 unspecified atom stereocenters. The van der Waals surface area contributed by atoms with Crippen LogP contribution < -0.4 is 5.32 Å². The van der Waals surface area contributed by atoms with Crippen LogP contribution in [0.4, 0.5) is 0 Å². The minimum absolute atomic E-state index is 0.227. The van der Waals surface area contributed by atoms with Gasteiger partial charge in [-0.3, -0.25) is 9.59 Å². The van der Waals surface area contributed by atoms with Crippen LogP contribution in [0.1, 0.15) is 29.7 Å². The Kier molecular flexibility index (Phi) is 7.77. The predicted octanol–water partition coefficient (Wildman–Crippen LogP) is 2.24. The summed E-state index contributed by atoms with van der Waals surface area (Å²) < 4.78 is 23.7. The van der Waals surface area contributed by atoms with Gasteiger partial charge in [0.1, 0.15) is 0 Å². The molecule has 3 N–H and O–H groups in total. The zero-order valence-corrected chi connectivity index (χ0v) is 21.5. The van der Waals surface area contributed by atoms with Crippen LogP contribution >= 0.6 is 0 Å². The molecule has 0 spiro atoms. The van der Waals surface area contributed by atoms with E-state index in [9.17, 15) is 28.2 Å². The van der Waals surface area contributed by atoms with Crippen molar-refractivity contribution in [1.82, 2.24) is 10.2 Å². The largest absolute Gasteiger partial charge is 0.380 e. The summed E-state index contributed by atoms with van der Waals surface area (Å²) in [6.45, 7) is 2.44. The van der Waals surface area contributed by atoms with Crippen LogP contribution in [0.15, 0.2) is 77.7 Å². The molecule has 0 saturated carbocycles. The van der Waals surface area contributed by atoms with Crippen molar-refractivity contribution in [2.24, 2.45) is 0 Å². The van der Waals surface area contributed by atoms with Crippen molar-refractivity contribution in [2.45, 2.75) is 43.0 Å². The molecule has 2 amide bonds. The minimum atomic E-state index is -3.33. The average Bonchev–Trinajstić information content (AvgIpc) is 2.91. The normalized spacial score (nSPS) is 15.8. The molecule has 1 heterocycles. The van der Waals surface area contributed by atoms with Crippen molar-refractivity contribution >= 4 is 21.7 Å². The highest BCUT2D eigenvalue weighted by Crippen LogP contribution is 2.25. The smallest absolute Gasteiger partial charge is 0.255 e. The number of fused-ring (bicyclic) bond motifs is 1. The summed E-state index contributed by atoms with van der Waals surface area (Å²) in [5, 5.41) is 23.5. The first-order valence-corrected chi connectivity index (χ1v) is 13.9. The van der Waals surface area contributed by atoms with E-state index in [0.717, 1.165) is 34.1 Å². The topological polar surface area (TPSA) is 124 Å². The molecule has 3 aromatic rings. The third-order valence-corrected chi connectivity index (χ3v) is 7.74. The Morgan fingerprint density at radius 2 is 1.57 bits per heavy atom. The molecule has 194 valence electrons. The second kappa shape index (κ2) is 10.8. The van der Waals surface area contributed by atoms with Gasteiger partial charge in [0.25, 0.3) is 11.8 Å². The van der Waals surface area contributed by atoms with Crippen molar-refractivity contribution in [3.8, 4) is 11.1 Å². The number of nitrogens with one attached hydrogen (secondary N) is 1. The summed E-state index contributed by atoms with van der Waals surface area (Å²) in [5.41, 5.74) is 4.40. The number of carbonyl (C=O) groups is 2. The first kappa shape index (κ1) is 26.5. The van der Waals surface area contributed by atoms with Gasteiger partial charge in [-0.25, -0.2) is 8.42 Å². The zero-order chi connectivity index (χ0) is 26.7. The summed E-state index contributed by atoms with van der Waals surface area (Å²) in [6, 6.07) is 21.0. The van der Waals surface area contributed by atoms with Crippen molar-refractivity contribution in [1.29, 1.82) is 0 Å². The molecule has 1 aliphatic heterocycles. The highest BCUT2D eigenvalue weighted by molar-refractivity contribution is 7.90. The van der Waals surface area contributed by atoms with Gasteiger partial charge in [-0.2, -0.15) is 0 Å². The molecule has 0 radical (unpaired) electrons. The van der Waals surface area contributed by atoms with E-state index in [0.29, 0.717) is 19.5 Å². The first-order chi connectivity index (χ1) is 17.5. The number of amides is 2. The Labute approximate surface area is 216 Å². The number of hydrogen-bond acceptors (Lipinski definition) is 6. The van der Waals surface area contributed by atoms with Crippen LogP contribution in [0.3, 0.4) is 0 Å². The maximum Gasteiger partial charge on any atom is 0.255 e. The number of nitrogens with zero attached hydrogens (tertiary/aromatic N) is 1. The maximum atomic E-state index is 12.8. The monoisotopic (exact) mass is 522 g/mol. The molecule has 3 atom stereocenters. The second-order valence-corrected chi connectivity index (χ2v) is 11.3. The molecule has 9 heteroatoms. The van der Waals surface area contributed by atoms with E-state index in [2.05, 4.69) is 5.32 Å². The van der Waals surface area contributed by atoms with Crippen LogP contribution in [0.5, 0.6) is 0 Å². The summed E-state index contributed by atoms with van der Waals surface area (Å²) in [4.78, 5) is 27.1. The molecule has 0 bridgehead atoms. The van der Waals surface area contributed by atoms with E-state index in [1.165, 1.54) is 4.90 Å². The van der Waals surface area contributed by atoms with Gasteiger partial charge in [0.2, 0.25) is 0 Å². The van der Waals surface area contributed by atoms with Gasteiger partial charge < -0.3 is 20.4 Å². The Bertz CT molecular complexity index is 1400. The highest BCUT2D eigenvalue weighted by Gasteiger charge is 2.35. The summed E-state index contributed by atoms with van der Waals surface area (Å²) >= 11 is 0. The SMILES string of the molecule is C[C@H](NC(=O)[C@H](O)[C@@H](O)C(=O)N1CCc2ccccc2C1)c1ccc(-c2cccc(S(C)(=O)=O)c2)cc1.